The van der Waals surface area contributed by atoms with Crippen LogP contribution in [0.4, 0.5) is 0 Å². The predicted octanol–water partition coefficient (Wildman–Crippen LogP) is 2.72. The lowest BCUT2D eigenvalue weighted by Gasteiger charge is -2.31. The van der Waals surface area contributed by atoms with Gasteiger partial charge in [-0.3, -0.25) is 4.79 Å². The highest BCUT2D eigenvalue weighted by Crippen LogP contribution is 2.32. The van der Waals surface area contributed by atoms with Gasteiger partial charge in [0.15, 0.2) is 12.7 Å². The number of esters is 1. The van der Waals surface area contributed by atoms with E-state index in [1.165, 1.54) is 4.70 Å². The zero-order valence-electron chi connectivity index (χ0n) is 14.6. The maximum atomic E-state index is 12.5. The number of carbonyl (C=O) groups excluding carboxylic acids is 2. The smallest absolute Gasteiger partial charge is 0.335 e. The quantitative estimate of drug-likeness (QED) is 0.770. The van der Waals surface area contributed by atoms with Gasteiger partial charge in [0.05, 0.1) is 15.2 Å². The van der Waals surface area contributed by atoms with Gasteiger partial charge >= 0.3 is 5.97 Å². The van der Waals surface area contributed by atoms with Crippen LogP contribution in [0.25, 0.3) is 10.2 Å². The number of carbonyl (C=O) groups is 2. The molecule has 2 saturated heterocycles. The number of fused-ring (bicyclic) bond motifs is 1. The van der Waals surface area contributed by atoms with Crippen LogP contribution in [0.2, 0.25) is 0 Å². The largest absolute Gasteiger partial charge is 0.454 e. The van der Waals surface area contributed by atoms with Crippen LogP contribution in [-0.2, 0) is 19.1 Å². The average Bonchev–Trinajstić information content (AvgIpc) is 3.35. The first kappa shape index (κ1) is 17.4. The lowest BCUT2D eigenvalue weighted by Crippen LogP contribution is -2.41. The van der Waals surface area contributed by atoms with Crippen LogP contribution in [0.15, 0.2) is 24.3 Å². The third-order valence-corrected chi connectivity index (χ3v) is 6.16. The first-order valence-corrected chi connectivity index (χ1v) is 9.94. The molecule has 2 aromatic rings. The topological polar surface area (TPSA) is 68.7 Å². The monoisotopic (exact) mass is 374 g/mol. The van der Waals surface area contributed by atoms with E-state index in [4.69, 9.17) is 14.5 Å². The van der Waals surface area contributed by atoms with Gasteiger partial charge in [0.25, 0.3) is 5.91 Å². The maximum absolute atomic E-state index is 12.5. The zero-order chi connectivity index (χ0) is 17.9. The number of piperidine rings is 1. The van der Waals surface area contributed by atoms with Crippen LogP contribution in [-0.4, -0.2) is 54.2 Å². The van der Waals surface area contributed by atoms with Crippen LogP contribution >= 0.6 is 11.3 Å². The van der Waals surface area contributed by atoms with Gasteiger partial charge in [-0.15, -0.1) is 11.3 Å². The van der Waals surface area contributed by atoms with E-state index in [-0.39, 0.29) is 18.4 Å². The molecule has 7 heteroatoms. The van der Waals surface area contributed by atoms with Gasteiger partial charge in [0.1, 0.15) is 0 Å². The number of nitrogens with zero attached hydrogens (tertiary/aromatic N) is 2. The molecule has 6 nitrogen and oxygen atoms in total. The fourth-order valence-electron chi connectivity index (χ4n) is 3.55. The van der Waals surface area contributed by atoms with Crippen molar-refractivity contribution < 1.29 is 19.1 Å². The normalized spacial score (nSPS) is 23.3. The predicted molar refractivity (Wildman–Crippen MR) is 98.1 cm³/mol. The zero-order valence-corrected chi connectivity index (χ0v) is 15.4. The van der Waals surface area contributed by atoms with Crippen molar-refractivity contribution in [3.05, 3.63) is 29.3 Å². The van der Waals surface area contributed by atoms with E-state index in [1.54, 1.807) is 16.2 Å². The highest BCUT2D eigenvalue weighted by molar-refractivity contribution is 7.18. The number of para-hydroxylation sites is 1. The van der Waals surface area contributed by atoms with Crippen molar-refractivity contribution in [2.45, 2.75) is 37.7 Å². The SMILES string of the molecule is O=C(OCC(=O)N1CCC[C@H](c2nc3ccccc3s2)C1)[C@H]1CCCO1. The summed E-state index contributed by atoms with van der Waals surface area (Å²) in [4.78, 5) is 30.9. The van der Waals surface area contributed by atoms with E-state index in [0.29, 0.717) is 26.1 Å². The standard InChI is InChI=1S/C19H22N2O4S/c22-17(12-25-19(23)15-7-4-10-24-15)21-9-3-5-13(11-21)18-20-14-6-1-2-8-16(14)26-18/h1-2,6,8,13,15H,3-5,7,9-12H2/t13-,15+/m0/s1. The molecular weight excluding hydrogens is 352 g/mol. The first-order valence-electron chi connectivity index (χ1n) is 9.12. The molecule has 3 heterocycles. The number of rotatable bonds is 4. The number of hydrogen-bond acceptors (Lipinski definition) is 6. The average molecular weight is 374 g/mol. The van der Waals surface area contributed by atoms with Crippen molar-refractivity contribution in [1.82, 2.24) is 9.88 Å². The second-order valence-corrected chi connectivity index (χ2v) is 7.87. The van der Waals surface area contributed by atoms with Gasteiger partial charge in [-0.2, -0.15) is 0 Å². The summed E-state index contributed by atoms with van der Waals surface area (Å²) in [6.45, 7) is 1.72. The van der Waals surface area contributed by atoms with Crippen LogP contribution < -0.4 is 0 Å². The molecule has 0 radical (unpaired) electrons. The Hall–Kier alpha value is -1.99. The second kappa shape index (κ2) is 7.72. The van der Waals surface area contributed by atoms with E-state index in [2.05, 4.69) is 6.07 Å². The van der Waals surface area contributed by atoms with Crippen LogP contribution in [0.3, 0.4) is 0 Å². The number of ether oxygens (including phenoxy) is 2. The Morgan fingerprint density at radius 1 is 1.27 bits per heavy atom. The summed E-state index contributed by atoms with van der Waals surface area (Å²) in [5.41, 5.74) is 1.02. The molecule has 138 valence electrons. The van der Waals surface area contributed by atoms with E-state index in [0.717, 1.165) is 29.8 Å². The van der Waals surface area contributed by atoms with Gasteiger partial charge in [0, 0.05) is 25.6 Å². The van der Waals surface area contributed by atoms with Crippen LogP contribution in [0.1, 0.15) is 36.6 Å². The molecule has 1 aromatic carbocycles. The van der Waals surface area contributed by atoms with E-state index in [9.17, 15) is 9.59 Å². The summed E-state index contributed by atoms with van der Waals surface area (Å²) in [7, 11) is 0. The second-order valence-electron chi connectivity index (χ2n) is 6.81. The van der Waals surface area contributed by atoms with Gasteiger partial charge in [-0.25, -0.2) is 9.78 Å². The van der Waals surface area contributed by atoms with Crippen molar-refractivity contribution >= 4 is 33.4 Å². The Morgan fingerprint density at radius 3 is 2.96 bits per heavy atom. The Labute approximate surface area is 156 Å². The minimum absolute atomic E-state index is 0.137. The Bertz CT molecular complexity index is 767. The van der Waals surface area contributed by atoms with Crippen LogP contribution in [0.5, 0.6) is 0 Å². The molecular formula is C19H22N2O4S. The molecule has 1 aromatic heterocycles. The first-order chi connectivity index (χ1) is 12.7. The molecule has 0 spiro atoms. The van der Waals surface area contributed by atoms with Gasteiger partial charge in [-0.05, 0) is 37.8 Å². The van der Waals surface area contributed by atoms with E-state index >= 15 is 0 Å². The Kier molecular flexibility index (Phi) is 5.17. The minimum Gasteiger partial charge on any atom is -0.454 e. The molecule has 2 aliphatic heterocycles. The number of benzene rings is 1. The molecule has 2 atom stereocenters. The Balaban J connectivity index is 1.35. The highest BCUT2D eigenvalue weighted by Gasteiger charge is 2.29. The lowest BCUT2D eigenvalue weighted by molar-refractivity contribution is -0.160. The van der Waals surface area contributed by atoms with Crippen LogP contribution in [0, 0.1) is 0 Å². The van der Waals surface area contributed by atoms with Gasteiger partial charge in [0.2, 0.25) is 0 Å². The van der Waals surface area contributed by atoms with Crippen molar-refractivity contribution in [1.29, 1.82) is 0 Å². The van der Waals surface area contributed by atoms with E-state index < -0.39 is 12.1 Å². The molecule has 0 unspecified atom stereocenters. The Morgan fingerprint density at radius 2 is 2.15 bits per heavy atom. The molecule has 0 N–H and O–H groups in total. The fraction of sp³-hybridized carbons (Fsp3) is 0.526. The van der Waals surface area contributed by atoms with Crippen molar-refractivity contribution in [2.24, 2.45) is 0 Å². The fourth-order valence-corrected chi connectivity index (χ4v) is 4.64. The molecule has 1 amide bonds. The number of thiazole rings is 1. The third-order valence-electron chi connectivity index (χ3n) is 4.96. The summed E-state index contributed by atoms with van der Waals surface area (Å²) in [6, 6.07) is 8.10. The molecule has 0 aliphatic carbocycles. The summed E-state index contributed by atoms with van der Waals surface area (Å²) in [5.74, 6) is -0.309. The van der Waals surface area contributed by atoms with E-state index in [1.807, 2.05) is 18.2 Å². The molecule has 2 aliphatic rings. The number of likely N-dealkylation sites (tertiary alicyclic amines) is 1. The number of aromatic nitrogens is 1. The summed E-state index contributed by atoms with van der Waals surface area (Å²) < 4.78 is 11.6. The summed E-state index contributed by atoms with van der Waals surface area (Å²) in [6.07, 6.45) is 3.01. The summed E-state index contributed by atoms with van der Waals surface area (Å²) >= 11 is 1.70. The lowest BCUT2D eigenvalue weighted by atomic mass is 9.99. The minimum atomic E-state index is -0.500. The maximum Gasteiger partial charge on any atom is 0.335 e. The van der Waals surface area contributed by atoms with Gasteiger partial charge in [-0.1, -0.05) is 12.1 Å². The number of hydrogen-bond donors (Lipinski definition) is 0. The molecule has 4 rings (SSSR count). The molecule has 2 fully saturated rings. The summed E-state index contributed by atoms with van der Waals surface area (Å²) in [5, 5.41) is 1.08. The van der Waals surface area contributed by atoms with Crippen molar-refractivity contribution in [3.8, 4) is 0 Å². The highest BCUT2D eigenvalue weighted by atomic mass is 32.1. The molecule has 26 heavy (non-hydrogen) atoms. The van der Waals surface area contributed by atoms with Crippen molar-refractivity contribution in [2.75, 3.05) is 26.3 Å². The molecule has 0 bridgehead atoms. The number of amides is 1. The molecule has 0 saturated carbocycles. The van der Waals surface area contributed by atoms with Gasteiger partial charge < -0.3 is 14.4 Å². The van der Waals surface area contributed by atoms with Crippen molar-refractivity contribution in [3.63, 3.8) is 0 Å². The third kappa shape index (κ3) is 3.73.